The zero-order valence-corrected chi connectivity index (χ0v) is 16.5. The lowest BCUT2D eigenvalue weighted by Crippen LogP contribution is -2.45. The summed E-state index contributed by atoms with van der Waals surface area (Å²) < 4.78 is 39.3. The molecular weight excluding hydrogens is 415 g/mol. The van der Waals surface area contributed by atoms with Gasteiger partial charge in [-0.05, 0) is 32.0 Å². The van der Waals surface area contributed by atoms with Crippen molar-refractivity contribution in [3.05, 3.63) is 23.8 Å². The molecule has 1 aromatic heterocycles. The quantitative estimate of drug-likeness (QED) is 0.705. The number of benzene rings is 1. The number of alkyl halides is 3. The van der Waals surface area contributed by atoms with Crippen LogP contribution in [0.25, 0.3) is 0 Å². The third kappa shape index (κ3) is 4.38. The molecule has 150 valence electrons. The lowest BCUT2D eigenvalue weighted by Gasteiger charge is -2.31. The third-order valence-corrected chi connectivity index (χ3v) is 5.87. The van der Waals surface area contributed by atoms with Crippen LogP contribution in [-0.2, 0) is 15.8 Å². The number of thioether (sulfide) groups is 1. The number of hydrogen-bond donors (Lipinski definition) is 2. The Morgan fingerprint density at radius 3 is 2.86 bits per heavy atom. The summed E-state index contributed by atoms with van der Waals surface area (Å²) in [5.41, 5.74) is -0.703. The summed E-state index contributed by atoms with van der Waals surface area (Å²) in [4.78, 5) is 26.0. The van der Waals surface area contributed by atoms with Gasteiger partial charge in [-0.15, -0.1) is 10.2 Å². The zero-order chi connectivity index (χ0) is 20.5. The molecule has 1 unspecified atom stereocenters. The standard InChI is InChI=1S/C16H16F3N5O2S2/c1-3-20-14-22-23-15(28-14)27-8(2)13(26)24-7-12(25)21-10-6-9(16(17,18)19)4-5-11(10)24/h4-6,8H,3,7H2,1-2H3,(H,20,22)(H,21,25). The van der Waals surface area contributed by atoms with E-state index in [-0.39, 0.29) is 17.9 Å². The second kappa shape index (κ2) is 7.95. The van der Waals surface area contributed by atoms with Crippen LogP contribution in [0.2, 0.25) is 0 Å². The van der Waals surface area contributed by atoms with Gasteiger partial charge >= 0.3 is 6.18 Å². The number of halogens is 3. The number of nitrogens with one attached hydrogen (secondary N) is 2. The summed E-state index contributed by atoms with van der Waals surface area (Å²) in [6, 6.07) is 2.92. The summed E-state index contributed by atoms with van der Waals surface area (Å²) in [5.74, 6) is -0.955. The second-order valence-corrected chi connectivity index (χ2v) is 8.43. The SMILES string of the molecule is CCNc1nnc(SC(C)C(=O)N2CC(=O)Nc3cc(C(F)(F)F)ccc32)s1. The van der Waals surface area contributed by atoms with E-state index in [4.69, 9.17) is 0 Å². The molecule has 0 spiro atoms. The number of carbonyl (C=O) groups is 2. The van der Waals surface area contributed by atoms with Gasteiger partial charge in [0.1, 0.15) is 6.54 Å². The van der Waals surface area contributed by atoms with Gasteiger partial charge < -0.3 is 10.6 Å². The third-order valence-electron chi connectivity index (χ3n) is 3.82. The molecule has 1 aliphatic rings. The highest BCUT2D eigenvalue weighted by molar-refractivity contribution is 8.02. The van der Waals surface area contributed by atoms with Crippen LogP contribution in [0.3, 0.4) is 0 Å². The van der Waals surface area contributed by atoms with Gasteiger partial charge in [-0.3, -0.25) is 14.5 Å². The van der Waals surface area contributed by atoms with Crippen molar-refractivity contribution in [1.29, 1.82) is 0 Å². The molecule has 1 aromatic carbocycles. The average molecular weight is 431 g/mol. The molecule has 2 heterocycles. The van der Waals surface area contributed by atoms with Gasteiger partial charge in [0.25, 0.3) is 0 Å². The van der Waals surface area contributed by atoms with Crippen LogP contribution in [-0.4, -0.2) is 40.4 Å². The van der Waals surface area contributed by atoms with Crippen molar-refractivity contribution in [1.82, 2.24) is 10.2 Å². The van der Waals surface area contributed by atoms with Gasteiger partial charge in [-0.25, -0.2) is 0 Å². The Morgan fingerprint density at radius 2 is 2.18 bits per heavy atom. The summed E-state index contributed by atoms with van der Waals surface area (Å²) in [6.45, 7) is 4.00. The van der Waals surface area contributed by atoms with Crippen molar-refractivity contribution < 1.29 is 22.8 Å². The molecule has 2 amide bonds. The molecule has 0 saturated heterocycles. The van der Waals surface area contributed by atoms with Crippen molar-refractivity contribution in [2.24, 2.45) is 0 Å². The largest absolute Gasteiger partial charge is 0.416 e. The molecule has 0 bridgehead atoms. The molecule has 0 radical (unpaired) electrons. The van der Waals surface area contributed by atoms with E-state index >= 15 is 0 Å². The van der Waals surface area contributed by atoms with Crippen molar-refractivity contribution in [3.63, 3.8) is 0 Å². The number of nitrogens with zero attached hydrogens (tertiary/aromatic N) is 3. The maximum absolute atomic E-state index is 12.9. The van der Waals surface area contributed by atoms with Gasteiger partial charge in [0, 0.05) is 6.54 Å². The number of rotatable bonds is 5. The Kier molecular flexibility index (Phi) is 5.79. The average Bonchev–Trinajstić information content (AvgIpc) is 3.06. The Bertz CT molecular complexity index is 903. The second-order valence-electron chi connectivity index (χ2n) is 5.87. The van der Waals surface area contributed by atoms with Crippen LogP contribution in [0.15, 0.2) is 22.5 Å². The molecule has 0 aliphatic carbocycles. The molecule has 2 aromatic rings. The van der Waals surface area contributed by atoms with Crippen LogP contribution < -0.4 is 15.5 Å². The van der Waals surface area contributed by atoms with E-state index in [9.17, 15) is 22.8 Å². The van der Waals surface area contributed by atoms with E-state index in [1.54, 1.807) is 6.92 Å². The lowest BCUT2D eigenvalue weighted by molar-refractivity contribution is -0.137. The summed E-state index contributed by atoms with van der Waals surface area (Å²) in [6.07, 6.45) is -4.54. The van der Waals surface area contributed by atoms with Crippen LogP contribution in [0.1, 0.15) is 19.4 Å². The van der Waals surface area contributed by atoms with Crippen LogP contribution in [0, 0.1) is 0 Å². The highest BCUT2D eigenvalue weighted by Gasteiger charge is 2.35. The fraction of sp³-hybridized carbons (Fsp3) is 0.375. The van der Waals surface area contributed by atoms with Crippen molar-refractivity contribution >= 4 is 51.4 Å². The number of anilines is 3. The molecule has 3 rings (SSSR count). The lowest BCUT2D eigenvalue weighted by atomic mass is 10.1. The first-order valence-corrected chi connectivity index (χ1v) is 9.95. The van der Waals surface area contributed by atoms with Crippen LogP contribution in [0.4, 0.5) is 29.7 Å². The minimum Gasteiger partial charge on any atom is -0.360 e. The van der Waals surface area contributed by atoms with Crippen molar-refractivity contribution in [2.75, 3.05) is 28.6 Å². The molecular formula is C16H16F3N5O2S2. The predicted molar refractivity (Wildman–Crippen MR) is 102 cm³/mol. The van der Waals surface area contributed by atoms with Gasteiger partial charge in [0.2, 0.25) is 16.9 Å². The summed E-state index contributed by atoms with van der Waals surface area (Å²) in [7, 11) is 0. The molecule has 12 heteroatoms. The topological polar surface area (TPSA) is 87.2 Å². The normalized spacial score (nSPS) is 15.0. The molecule has 7 nitrogen and oxygen atoms in total. The number of hydrogen-bond acceptors (Lipinski definition) is 7. The smallest absolute Gasteiger partial charge is 0.360 e. The van der Waals surface area contributed by atoms with Crippen molar-refractivity contribution in [3.8, 4) is 0 Å². The minimum atomic E-state index is -4.54. The Labute approximate surface area is 166 Å². The molecule has 0 saturated carbocycles. The minimum absolute atomic E-state index is 0.0398. The fourth-order valence-electron chi connectivity index (χ4n) is 2.56. The number of amides is 2. The Balaban J connectivity index is 1.80. The van der Waals surface area contributed by atoms with Gasteiger partial charge in [-0.2, -0.15) is 13.2 Å². The Hall–Kier alpha value is -2.34. The summed E-state index contributed by atoms with van der Waals surface area (Å²) in [5, 5.41) is 13.4. The van der Waals surface area contributed by atoms with E-state index in [1.165, 1.54) is 34.1 Å². The first kappa shape index (κ1) is 20.4. The first-order valence-electron chi connectivity index (χ1n) is 8.25. The fourth-order valence-corrected chi connectivity index (χ4v) is 4.59. The van der Waals surface area contributed by atoms with E-state index in [0.717, 1.165) is 12.1 Å². The zero-order valence-electron chi connectivity index (χ0n) is 14.8. The van der Waals surface area contributed by atoms with E-state index in [1.807, 2.05) is 6.92 Å². The monoisotopic (exact) mass is 431 g/mol. The van der Waals surface area contributed by atoms with E-state index in [0.29, 0.717) is 16.0 Å². The maximum atomic E-state index is 12.9. The predicted octanol–water partition coefficient (Wildman–Crippen LogP) is 3.45. The summed E-state index contributed by atoms with van der Waals surface area (Å²) >= 11 is 2.47. The highest BCUT2D eigenvalue weighted by Crippen LogP contribution is 2.38. The van der Waals surface area contributed by atoms with Crippen molar-refractivity contribution in [2.45, 2.75) is 29.6 Å². The van der Waals surface area contributed by atoms with E-state index in [2.05, 4.69) is 20.8 Å². The maximum Gasteiger partial charge on any atom is 0.416 e. The molecule has 1 aliphatic heterocycles. The Morgan fingerprint density at radius 1 is 1.43 bits per heavy atom. The number of aromatic nitrogens is 2. The van der Waals surface area contributed by atoms with Crippen LogP contribution in [0.5, 0.6) is 0 Å². The number of carbonyl (C=O) groups excluding carboxylic acids is 2. The van der Waals surface area contributed by atoms with E-state index < -0.39 is 28.8 Å². The first-order chi connectivity index (χ1) is 13.2. The molecule has 28 heavy (non-hydrogen) atoms. The molecule has 2 N–H and O–H groups in total. The highest BCUT2D eigenvalue weighted by atomic mass is 32.2. The molecule has 0 fully saturated rings. The van der Waals surface area contributed by atoms with Crippen LogP contribution >= 0.6 is 23.1 Å². The van der Waals surface area contributed by atoms with Gasteiger partial charge in [0.05, 0.1) is 22.2 Å². The van der Waals surface area contributed by atoms with Gasteiger partial charge in [-0.1, -0.05) is 23.1 Å². The van der Waals surface area contributed by atoms with Gasteiger partial charge in [0.15, 0.2) is 4.34 Å². The number of fused-ring (bicyclic) bond motifs is 1. The molecule has 1 atom stereocenters.